The van der Waals surface area contributed by atoms with E-state index >= 15 is 0 Å². The van der Waals surface area contributed by atoms with E-state index in [9.17, 15) is 12.8 Å². The van der Waals surface area contributed by atoms with E-state index in [1.807, 2.05) is 12.1 Å². The van der Waals surface area contributed by atoms with Gasteiger partial charge in [-0.25, -0.2) is 32.5 Å². The molecule has 1 aromatic carbocycles. The minimum Gasteiger partial charge on any atom is -0.352 e. The topological polar surface area (TPSA) is 144 Å². The highest BCUT2D eigenvalue weighted by atomic mass is 32.2. The van der Waals surface area contributed by atoms with Crippen LogP contribution in [-0.2, 0) is 32.5 Å². The lowest BCUT2D eigenvalue weighted by Crippen LogP contribution is -2.39. The number of H-pyrrole nitrogens is 1. The average molecular weight is 554 g/mol. The Hall–Kier alpha value is -3.78. The predicted molar refractivity (Wildman–Crippen MR) is 142 cm³/mol. The highest BCUT2D eigenvalue weighted by Gasteiger charge is 2.25. The summed E-state index contributed by atoms with van der Waals surface area (Å²) in [5.41, 5.74) is 3.62. The fourth-order valence-corrected chi connectivity index (χ4v) is 4.57. The van der Waals surface area contributed by atoms with Crippen molar-refractivity contribution in [3.63, 3.8) is 0 Å². The molecule has 1 aliphatic rings. The van der Waals surface area contributed by atoms with Crippen molar-refractivity contribution in [3.05, 3.63) is 78.3 Å². The van der Waals surface area contributed by atoms with Crippen molar-refractivity contribution in [2.24, 2.45) is 5.92 Å². The van der Waals surface area contributed by atoms with Crippen molar-refractivity contribution in [1.29, 1.82) is 0 Å². The molecule has 0 spiro atoms. The zero-order valence-electron chi connectivity index (χ0n) is 21.2. The molecule has 3 N–H and O–H groups in total. The molecule has 1 fully saturated rings. The Kier molecular flexibility index (Phi) is 8.21. The number of hydrogen-bond donors (Lipinski definition) is 3. The molecule has 4 aromatic rings. The van der Waals surface area contributed by atoms with Gasteiger partial charge < -0.3 is 19.8 Å². The van der Waals surface area contributed by atoms with Crippen LogP contribution in [0.4, 0.5) is 10.3 Å². The smallest absolute Gasteiger partial charge is 0.223 e. The number of hydrogen-bond acceptors (Lipinski definition) is 9. The zero-order valence-corrected chi connectivity index (χ0v) is 22.0. The van der Waals surface area contributed by atoms with Crippen LogP contribution in [0.1, 0.15) is 11.4 Å². The summed E-state index contributed by atoms with van der Waals surface area (Å²) >= 11 is 0. The van der Waals surface area contributed by atoms with E-state index in [0.29, 0.717) is 55.0 Å². The lowest BCUT2D eigenvalue weighted by molar-refractivity contribution is -0.198. The Bertz CT molecular complexity index is 1490. The summed E-state index contributed by atoms with van der Waals surface area (Å²) in [6.45, 7) is 1.48. The molecule has 0 aliphatic carbocycles. The molecule has 1 aliphatic heterocycles. The van der Waals surface area contributed by atoms with Gasteiger partial charge >= 0.3 is 0 Å². The van der Waals surface area contributed by atoms with Gasteiger partial charge in [0, 0.05) is 43.2 Å². The molecule has 39 heavy (non-hydrogen) atoms. The molecule has 3 aromatic heterocycles. The lowest BCUT2D eigenvalue weighted by atomic mass is 10.1. The number of halogens is 1. The first kappa shape index (κ1) is 26.8. The van der Waals surface area contributed by atoms with Crippen LogP contribution in [-0.4, -0.2) is 65.6 Å². The Labute approximate surface area is 225 Å². The predicted octanol–water partition coefficient (Wildman–Crippen LogP) is 2.76. The molecule has 204 valence electrons. The van der Waals surface area contributed by atoms with Gasteiger partial charge in [0.2, 0.25) is 16.0 Å². The van der Waals surface area contributed by atoms with Gasteiger partial charge in [0.1, 0.15) is 11.6 Å². The number of ether oxygens (including phenoxy) is 2. The maximum atomic E-state index is 13.6. The van der Waals surface area contributed by atoms with Gasteiger partial charge in [-0.2, -0.15) is 0 Å². The van der Waals surface area contributed by atoms with Crippen molar-refractivity contribution in [1.82, 2.24) is 29.6 Å². The summed E-state index contributed by atoms with van der Waals surface area (Å²) in [5, 5.41) is 3.22. The highest BCUT2D eigenvalue weighted by molar-refractivity contribution is 7.88. The van der Waals surface area contributed by atoms with Crippen molar-refractivity contribution in [3.8, 4) is 22.6 Å². The number of benzene rings is 1. The SMILES string of the molecule is CS(=O)(=O)NCC1COC(Cc2nc(-c3ccc(F)cc3)c(-c3ccnc(NCc4ccncc4)n3)[nH]2)OC1. The second kappa shape index (κ2) is 11.9. The summed E-state index contributed by atoms with van der Waals surface area (Å²) in [5.74, 6) is 0.617. The van der Waals surface area contributed by atoms with E-state index in [4.69, 9.17) is 14.5 Å². The van der Waals surface area contributed by atoms with Crippen LogP contribution in [0.15, 0.2) is 61.1 Å². The van der Waals surface area contributed by atoms with E-state index in [1.54, 1.807) is 36.8 Å². The van der Waals surface area contributed by atoms with Gasteiger partial charge in [-0.15, -0.1) is 0 Å². The van der Waals surface area contributed by atoms with Gasteiger partial charge in [0.15, 0.2) is 6.29 Å². The number of aromatic amines is 1. The van der Waals surface area contributed by atoms with Crippen LogP contribution in [0.5, 0.6) is 0 Å². The largest absolute Gasteiger partial charge is 0.352 e. The number of anilines is 1. The normalized spacial score (nSPS) is 17.7. The summed E-state index contributed by atoms with van der Waals surface area (Å²) in [6.07, 6.45) is 6.00. The third kappa shape index (κ3) is 7.41. The van der Waals surface area contributed by atoms with E-state index < -0.39 is 16.3 Å². The van der Waals surface area contributed by atoms with Gasteiger partial charge in [-0.05, 0) is 48.0 Å². The summed E-state index contributed by atoms with van der Waals surface area (Å²) in [7, 11) is -3.28. The van der Waals surface area contributed by atoms with Gasteiger partial charge in [-0.3, -0.25) is 4.98 Å². The molecule has 0 radical (unpaired) electrons. The Balaban J connectivity index is 1.33. The number of rotatable bonds is 10. The number of aromatic nitrogens is 5. The van der Waals surface area contributed by atoms with Gasteiger partial charge in [0.05, 0.1) is 43.0 Å². The minimum absolute atomic E-state index is 0.0861. The first-order chi connectivity index (χ1) is 18.8. The molecule has 11 nitrogen and oxygen atoms in total. The number of nitrogens with one attached hydrogen (secondary N) is 3. The fraction of sp³-hybridized carbons (Fsp3) is 0.308. The van der Waals surface area contributed by atoms with Crippen LogP contribution in [0.25, 0.3) is 22.6 Å². The molecule has 1 saturated heterocycles. The molecule has 0 bridgehead atoms. The van der Waals surface area contributed by atoms with Crippen LogP contribution in [0.3, 0.4) is 0 Å². The number of nitrogens with zero attached hydrogens (tertiary/aromatic N) is 4. The molecule has 0 amide bonds. The van der Waals surface area contributed by atoms with Crippen molar-refractivity contribution < 1.29 is 22.3 Å². The zero-order chi connectivity index (χ0) is 27.2. The minimum atomic E-state index is -3.28. The van der Waals surface area contributed by atoms with Gasteiger partial charge in [-0.1, -0.05) is 0 Å². The van der Waals surface area contributed by atoms with E-state index in [0.717, 1.165) is 17.4 Å². The monoisotopic (exact) mass is 553 g/mol. The van der Waals surface area contributed by atoms with Crippen LogP contribution in [0, 0.1) is 11.7 Å². The van der Waals surface area contributed by atoms with Gasteiger partial charge in [0.25, 0.3) is 0 Å². The third-order valence-electron chi connectivity index (χ3n) is 6.01. The number of imidazole rings is 1. The van der Waals surface area contributed by atoms with Crippen molar-refractivity contribution in [2.45, 2.75) is 19.3 Å². The standard InChI is InChI=1S/C26H28FN7O4S/c1-39(35,36)31-14-18-15-37-23(38-16-18)12-22-33-24(19-2-4-20(27)5-3-19)25(34-22)21-8-11-29-26(32-21)30-13-17-6-9-28-10-7-17/h2-11,18,23,31H,12-16H2,1H3,(H,33,34)(H,29,30,32). The number of sulfonamides is 1. The van der Waals surface area contributed by atoms with Crippen LogP contribution < -0.4 is 10.0 Å². The molecule has 0 saturated carbocycles. The van der Waals surface area contributed by atoms with E-state index in [1.165, 1.54) is 12.1 Å². The summed E-state index contributed by atoms with van der Waals surface area (Å²) in [4.78, 5) is 21.1. The molecule has 0 atom stereocenters. The van der Waals surface area contributed by atoms with Crippen LogP contribution >= 0.6 is 0 Å². The fourth-order valence-electron chi connectivity index (χ4n) is 4.03. The molecular formula is C26H28FN7O4S. The van der Waals surface area contributed by atoms with E-state index in [2.05, 4.69) is 30.0 Å². The summed E-state index contributed by atoms with van der Waals surface area (Å²) in [6, 6.07) is 11.7. The quantitative estimate of drug-likeness (QED) is 0.270. The molecule has 13 heteroatoms. The second-order valence-electron chi connectivity index (χ2n) is 9.18. The van der Waals surface area contributed by atoms with E-state index in [-0.39, 0.29) is 18.3 Å². The molecular weight excluding hydrogens is 525 g/mol. The maximum absolute atomic E-state index is 13.6. The van der Waals surface area contributed by atoms with Crippen LogP contribution in [0.2, 0.25) is 0 Å². The first-order valence-corrected chi connectivity index (χ1v) is 14.2. The maximum Gasteiger partial charge on any atom is 0.223 e. The lowest BCUT2D eigenvalue weighted by Gasteiger charge is -2.28. The Morgan fingerprint density at radius 2 is 1.77 bits per heavy atom. The second-order valence-corrected chi connectivity index (χ2v) is 11.0. The number of pyridine rings is 1. The Morgan fingerprint density at radius 3 is 2.49 bits per heavy atom. The highest BCUT2D eigenvalue weighted by Crippen LogP contribution is 2.30. The Morgan fingerprint density at radius 1 is 1.03 bits per heavy atom. The van der Waals surface area contributed by atoms with Crippen molar-refractivity contribution in [2.75, 3.05) is 31.3 Å². The molecule has 5 rings (SSSR count). The average Bonchev–Trinajstić information content (AvgIpc) is 3.36. The molecule has 0 unspecified atom stereocenters. The first-order valence-electron chi connectivity index (χ1n) is 12.3. The van der Waals surface area contributed by atoms with Crippen molar-refractivity contribution >= 4 is 16.0 Å². The molecule has 4 heterocycles. The third-order valence-corrected chi connectivity index (χ3v) is 6.70. The summed E-state index contributed by atoms with van der Waals surface area (Å²) < 4.78 is 50.5.